The molecule has 2 unspecified atom stereocenters. The van der Waals surface area contributed by atoms with Crippen molar-refractivity contribution >= 4 is 27.3 Å². The largest absolute Gasteiger partial charge is 0.433 e. The molecule has 0 aromatic heterocycles. The minimum absolute atomic E-state index is 0.129. The third-order valence-electron chi connectivity index (χ3n) is 3.47. The lowest BCUT2D eigenvalue weighted by atomic mass is 9.97. The van der Waals surface area contributed by atoms with Gasteiger partial charge in [-0.05, 0) is 31.0 Å². The molecule has 0 amide bonds. The molecule has 22 heavy (non-hydrogen) atoms. The van der Waals surface area contributed by atoms with Gasteiger partial charge in [0.1, 0.15) is 11.0 Å². The van der Waals surface area contributed by atoms with Gasteiger partial charge in [-0.3, -0.25) is 4.72 Å². The minimum Gasteiger partial charge on any atom is -0.433 e. The van der Waals surface area contributed by atoms with E-state index in [1.54, 1.807) is 0 Å². The van der Waals surface area contributed by atoms with Crippen LogP contribution in [0.2, 0.25) is 5.02 Å². The molecular formula is C13H16ClF2NO4S. The van der Waals surface area contributed by atoms with Crippen LogP contribution in [0.5, 0.6) is 5.75 Å². The van der Waals surface area contributed by atoms with Crippen molar-refractivity contribution in [2.24, 2.45) is 0 Å². The number of anilines is 1. The van der Waals surface area contributed by atoms with E-state index in [0.29, 0.717) is 12.8 Å². The van der Waals surface area contributed by atoms with E-state index >= 15 is 0 Å². The number of aliphatic hydroxyl groups is 1. The zero-order valence-corrected chi connectivity index (χ0v) is 13.1. The smallest absolute Gasteiger partial charge is 0.387 e. The van der Waals surface area contributed by atoms with Crippen LogP contribution >= 0.6 is 11.6 Å². The maximum Gasteiger partial charge on any atom is 0.387 e. The summed E-state index contributed by atoms with van der Waals surface area (Å²) in [5.41, 5.74) is 0.129. The predicted molar refractivity (Wildman–Crippen MR) is 78.9 cm³/mol. The molecule has 0 heterocycles. The Morgan fingerprint density at radius 1 is 1.32 bits per heavy atom. The standard InChI is InChI=1S/C13H16ClF2NO4S/c14-9-7-8(5-6-11(9)21-13(15)16)17-22(19,20)12-4-2-1-3-10(12)18/h5-7,10,12-13,17-18H,1-4H2. The molecule has 0 radical (unpaired) electrons. The van der Waals surface area contributed by atoms with E-state index in [9.17, 15) is 22.3 Å². The molecule has 124 valence electrons. The third kappa shape index (κ3) is 4.21. The summed E-state index contributed by atoms with van der Waals surface area (Å²) in [6.07, 6.45) is 1.41. The number of sulfonamides is 1. The number of alkyl halides is 2. The number of halogens is 3. The molecule has 2 N–H and O–H groups in total. The van der Waals surface area contributed by atoms with E-state index in [1.807, 2.05) is 0 Å². The molecule has 0 bridgehead atoms. The first-order valence-corrected chi connectivity index (χ1v) is 8.66. The van der Waals surface area contributed by atoms with Crippen molar-refractivity contribution in [2.45, 2.75) is 43.6 Å². The normalized spacial score (nSPS) is 22.6. The second kappa shape index (κ2) is 6.97. The van der Waals surface area contributed by atoms with Crippen LogP contribution in [0.4, 0.5) is 14.5 Å². The molecular weight excluding hydrogens is 340 g/mol. The van der Waals surface area contributed by atoms with Gasteiger partial charge in [0.05, 0.1) is 16.8 Å². The molecule has 2 atom stereocenters. The number of benzene rings is 1. The van der Waals surface area contributed by atoms with Crippen LogP contribution in [0, 0.1) is 0 Å². The van der Waals surface area contributed by atoms with Crippen molar-refractivity contribution in [3.8, 4) is 5.75 Å². The fourth-order valence-corrected chi connectivity index (χ4v) is 4.29. The van der Waals surface area contributed by atoms with Gasteiger partial charge in [0.15, 0.2) is 0 Å². The average Bonchev–Trinajstić information content (AvgIpc) is 2.41. The summed E-state index contributed by atoms with van der Waals surface area (Å²) in [5, 5.41) is 8.81. The predicted octanol–water partition coefficient (Wildman–Crippen LogP) is 2.99. The number of ether oxygens (including phenoxy) is 1. The van der Waals surface area contributed by atoms with Gasteiger partial charge in [-0.1, -0.05) is 24.4 Å². The minimum atomic E-state index is -3.79. The first kappa shape index (κ1) is 17.2. The number of rotatable bonds is 5. The Balaban J connectivity index is 2.14. The molecule has 0 aliphatic heterocycles. The zero-order valence-electron chi connectivity index (χ0n) is 11.5. The number of aliphatic hydroxyl groups excluding tert-OH is 1. The van der Waals surface area contributed by atoms with Crippen molar-refractivity contribution in [3.05, 3.63) is 23.2 Å². The van der Waals surface area contributed by atoms with Gasteiger partial charge in [-0.2, -0.15) is 8.78 Å². The first-order chi connectivity index (χ1) is 10.3. The maximum absolute atomic E-state index is 12.3. The van der Waals surface area contributed by atoms with Crippen LogP contribution in [-0.4, -0.2) is 31.5 Å². The zero-order chi connectivity index (χ0) is 16.3. The van der Waals surface area contributed by atoms with Crippen molar-refractivity contribution in [2.75, 3.05) is 4.72 Å². The summed E-state index contributed by atoms with van der Waals surface area (Å²) in [4.78, 5) is 0. The van der Waals surface area contributed by atoms with Gasteiger partial charge in [-0.15, -0.1) is 0 Å². The van der Waals surface area contributed by atoms with Gasteiger partial charge in [-0.25, -0.2) is 8.42 Å². The number of hydrogen-bond donors (Lipinski definition) is 2. The van der Waals surface area contributed by atoms with E-state index in [0.717, 1.165) is 18.9 Å². The fourth-order valence-electron chi connectivity index (χ4n) is 2.44. The Kier molecular flexibility index (Phi) is 5.46. The molecule has 1 aromatic rings. The van der Waals surface area contributed by atoms with Crippen molar-refractivity contribution in [1.29, 1.82) is 0 Å². The second-order valence-corrected chi connectivity index (χ2v) is 7.37. The summed E-state index contributed by atoms with van der Waals surface area (Å²) in [5.74, 6) is -0.239. The van der Waals surface area contributed by atoms with Crippen LogP contribution in [0.3, 0.4) is 0 Å². The van der Waals surface area contributed by atoms with Crippen molar-refractivity contribution in [1.82, 2.24) is 0 Å². The molecule has 1 aromatic carbocycles. The van der Waals surface area contributed by atoms with Crippen LogP contribution in [0.25, 0.3) is 0 Å². The molecule has 0 spiro atoms. The molecule has 1 saturated carbocycles. The maximum atomic E-state index is 12.3. The molecule has 1 fully saturated rings. The fraction of sp³-hybridized carbons (Fsp3) is 0.538. The van der Waals surface area contributed by atoms with E-state index in [4.69, 9.17) is 11.6 Å². The molecule has 9 heteroatoms. The highest BCUT2D eigenvalue weighted by molar-refractivity contribution is 7.93. The lowest BCUT2D eigenvalue weighted by Gasteiger charge is -2.27. The topological polar surface area (TPSA) is 75.6 Å². The lowest BCUT2D eigenvalue weighted by Crippen LogP contribution is -2.40. The van der Waals surface area contributed by atoms with Gasteiger partial charge < -0.3 is 9.84 Å². The number of hydrogen-bond acceptors (Lipinski definition) is 4. The summed E-state index contributed by atoms with van der Waals surface area (Å²) >= 11 is 5.77. The molecule has 2 rings (SSSR count). The first-order valence-electron chi connectivity index (χ1n) is 6.73. The highest BCUT2D eigenvalue weighted by Gasteiger charge is 2.34. The highest BCUT2D eigenvalue weighted by Crippen LogP contribution is 2.31. The van der Waals surface area contributed by atoms with E-state index < -0.39 is 28.0 Å². The SMILES string of the molecule is O=S(=O)(Nc1ccc(OC(F)F)c(Cl)c1)C1CCCCC1O. The van der Waals surface area contributed by atoms with Gasteiger partial charge >= 0.3 is 6.61 Å². The van der Waals surface area contributed by atoms with Crippen LogP contribution < -0.4 is 9.46 Å². The number of nitrogens with one attached hydrogen (secondary N) is 1. The Labute approximate surface area is 132 Å². The van der Waals surface area contributed by atoms with Crippen LogP contribution in [-0.2, 0) is 10.0 Å². The average molecular weight is 356 g/mol. The van der Waals surface area contributed by atoms with E-state index in [2.05, 4.69) is 9.46 Å². The Bertz CT molecular complexity index is 626. The Hall–Kier alpha value is -1.12. The Morgan fingerprint density at radius 3 is 2.59 bits per heavy atom. The summed E-state index contributed by atoms with van der Waals surface area (Å²) in [6, 6.07) is 3.62. The van der Waals surface area contributed by atoms with E-state index in [-0.39, 0.29) is 16.5 Å². The summed E-state index contributed by atoms with van der Waals surface area (Å²) in [6.45, 7) is -3.02. The van der Waals surface area contributed by atoms with Crippen molar-refractivity contribution in [3.63, 3.8) is 0 Å². The molecule has 0 saturated heterocycles. The Morgan fingerprint density at radius 2 is 2.00 bits per heavy atom. The highest BCUT2D eigenvalue weighted by atomic mass is 35.5. The monoisotopic (exact) mass is 355 g/mol. The lowest BCUT2D eigenvalue weighted by molar-refractivity contribution is -0.0497. The van der Waals surface area contributed by atoms with Crippen molar-refractivity contribution < 1.29 is 27.0 Å². The van der Waals surface area contributed by atoms with Gasteiger partial charge in [0, 0.05) is 0 Å². The van der Waals surface area contributed by atoms with Crippen LogP contribution in [0.1, 0.15) is 25.7 Å². The second-order valence-electron chi connectivity index (χ2n) is 5.06. The van der Waals surface area contributed by atoms with E-state index in [1.165, 1.54) is 12.1 Å². The van der Waals surface area contributed by atoms with Crippen LogP contribution in [0.15, 0.2) is 18.2 Å². The third-order valence-corrected chi connectivity index (χ3v) is 5.64. The van der Waals surface area contributed by atoms with Gasteiger partial charge in [0.2, 0.25) is 10.0 Å². The van der Waals surface area contributed by atoms with Gasteiger partial charge in [0.25, 0.3) is 0 Å². The molecule has 1 aliphatic carbocycles. The summed E-state index contributed by atoms with van der Waals surface area (Å²) < 4.78 is 55.3. The molecule has 5 nitrogen and oxygen atoms in total. The molecule has 1 aliphatic rings. The summed E-state index contributed by atoms with van der Waals surface area (Å²) in [7, 11) is -3.79. The quantitative estimate of drug-likeness (QED) is 0.851.